The summed E-state index contributed by atoms with van der Waals surface area (Å²) in [7, 11) is 0. The Morgan fingerprint density at radius 2 is 2.33 bits per heavy atom. The first-order valence-electron chi connectivity index (χ1n) is 5.34. The van der Waals surface area contributed by atoms with Crippen molar-refractivity contribution in [2.24, 2.45) is 5.84 Å². The van der Waals surface area contributed by atoms with Gasteiger partial charge in [0.15, 0.2) is 12.4 Å². The Morgan fingerprint density at radius 3 is 3.00 bits per heavy atom. The number of benzene rings is 1. The number of nitrogens with one attached hydrogen (secondary N) is 1. The van der Waals surface area contributed by atoms with Crippen molar-refractivity contribution < 1.29 is 14.1 Å². The maximum absolute atomic E-state index is 11.1. The number of hydrogen-bond acceptors (Lipinski definition) is 5. The number of hydrazine groups is 1. The predicted octanol–water partition coefficient (Wildman–Crippen LogP) is 1.02. The Hall–Kier alpha value is -2.34. The Kier molecular flexibility index (Phi) is 3.59. The van der Waals surface area contributed by atoms with E-state index in [2.05, 4.69) is 5.16 Å². The molecule has 0 fully saturated rings. The molecule has 0 atom stereocenters. The number of hydrogen-bond donors (Lipinski definition) is 2. The number of nitrogens with zero attached hydrogens (tertiary/aromatic N) is 1. The van der Waals surface area contributed by atoms with E-state index in [4.69, 9.17) is 15.1 Å². The number of carbonyl (C=O) groups excluding carboxylic acids is 1. The molecule has 0 saturated carbocycles. The second-order valence-corrected chi connectivity index (χ2v) is 3.73. The zero-order valence-electron chi connectivity index (χ0n) is 9.84. The Morgan fingerprint density at radius 1 is 1.50 bits per heavy atom. The molecule has 0 saturated heterocycles. The van der Waals surface area contributed by atoms with Crippen molar-refractivity contribution >= 4 is 5.91 Å². The molecule has 0 spiro atoms. The minimum Gasteiger partial charge on any atom is -0.483 e. The normalized spacial score (nSPS) is 10.1. The Labute approximate surface area is 104 Å². The van der Waals surface area contributed by atoms with Crippen LogP contribution in [0.1, 0.15) is 5.56 Å². The molecule has 0 unspecified atom stereocenters. The number of rotatable bonds is 4. The van der Waals surface area contributed by atoms with Crippen LogP contribution in [0.15, 0.2) is 35.0 Å². The van der Waals surface area contributed by atoms with Crippen LogP contribution in [0.4, 0.5) is 0 Å². The Bertz CT molecular complexity index is 538. The number of nitrogens with two attached hydrogens (primary N) is 1. The Balaban J connectivity index is 2.27. The van der Waals surface area contributed by atoms with E-state index >= 15 is 0 Å². The minimum atomic E-state index is -0.404. The van der Waals surface area contributed by atoms with Gasteiger partial charge in [0.2, 0.25) is 0 Å². The lowest BCUT2D eigenvalue weighted by Gasteiger charge is -2.09. The molecule has 1 amide bonds. The molecule has 3 N–H and O–H groups in total. The summed E-state index contributed by atoms with van der Waals surface area (Å²) >= 11 is 0. The summed E-state index contributed by atoms with van der Waals surface area (Å²) in [6.07, 6.45) is 1.55. The van der Waals surface area contributed by atoms with Gasteiger partial charge in [0.1, 0.15) is 5.75 Å². The van der Waals surface area contributed by atoms with Crippen LogP contribution >= 0.6 is 0 Å². The first-order chi connectivity index (χ1) is 8.70. The van der Waals surface area contributed by atoms with E-state index in [-0.39, 0.29) is 6.61 Å². The fourth-order valence-corrected chi connectivity index (χ4v) is 1.50. The van der Waals surface area contributed by atoms with Crippen LogP contribution in [-0.2, 0) is 4.79 Å². The van der Waals surface area contributed by atoms with Gasteiger partial charge in [0.25, 0.3) is 5.91 Å². The average Bonchev–Trinajstić information content (AvgIpc) is 2.90. The van der Waals surface area contributed by atoms with Gasteiger partial charge >= 0.3 is 0 Å². The number of amides is 1. The van der Waals surface area contributed by atoms with E-state index < -0.39 is 5.91 Å². The lowest BCUT2D eigenvalue weighted by Crippen LogP contribution is -2.34. The van der Waals surface area contributed by atoms with Gasteiger partial charge in [-0.1, -0.05) is 16.8 Å². The number of ether oxygens (including phenoxy) is 1. The topological polar surface area (TPSA) is 90.4 Å². The molecule has 6 heteroatoms. The van der Waals surface area contributed by atoms with Gasteiger partial charge < -0.3 is 9.26 Å². The lowest BCUT2D eigenvalue weighted by molar-refractivity contribution is -0.123. The van der Waals surface area contributed by atoms with E-state index in [1.165, 1.54) is 0 Å². The number of carbonyl (C=O) groups is 1. The van der Waals surface area contributed by atoms with Crippen molar-refractivity contribution in [3.8, 4) is 17.1 Å². The number of aryl methyl sites for hydroxylation is 1. The molecule has 6 nitrogen and oxygen atoms in total. The van der Waals surface area contributed by atoms with Gasteiger partial charge in [-0.2, -0.15) is 0 Å². The quantitative estimate of drug-likeness (QED) is 0.478. The van der Waals surface area contributed by atoms with Crippen molar-refractivity contribution in [1.29, 1.82) is 0 Å². The van der Waals surface area contributed by atoms with E-state index in [0.717, 1.165) is 11.1 Å². The summed E-state index contributed by atoms with van der Waals surface area (Å²) in [6.45, 7) is 1.80. The fourth-order valence-electron chi connectivity index (χ4n) is 1.50. The molecular weight excluding hydrogens is 234 g/mol. The van der Waals surface area contributed by atoms with Crippen LogP contribution < -0.4 is 16.0 Å². The molecular formula is C12H13N3O3. The van der Waals surface area contributed by atoms with Crippen LogP contribution in [0.2, 0.25) is 0 Å². The average molecular weight is 247 g/mol. The summed E-state index contributed by atoms with van der Waals surface area (Å²) in [6, 6.07) is 7.29. The molecule has 94 valence electrons. The van der Waals surface area contributed by atoms with Crippen LogP contribution in [0.5, 0.6) is 5.75 Å². The highest BCUT2D eigenvalue weighted by Gasteiger charge is 2.11. The third-order valence-corrected chi connectivity index (χ3v) is 2.36. The van der Waals surface area contributed by atoms with Gasteiger partial charge in [-0.15, -0.1) is 0 Å². The maximum atomic E-state index is 11.1. The molecule has 2 aromatic rings. The third kappa shape index (κ3) is 2.67. The first-order valence-corrected chi connectivity index (χ1v) is 5.34. The summed E-state index contributed by atoms with van der Waals surface area (Å²) in [5.41, 5.74) is 3.80. The van der Waals surface area contributed by atoms with Crippen LogP contribution in [0.25, 0.3) is 11.3 Å². The van der Waals surface area contributed by atoms with Gasteiger partial charge in [0.05, 0.1) is 11.8 Å². The molecule has 0 bridgehead atoms. The molecule has 0 radical (unpaired) electrons. The van der Waals surface area contributed by atoms with Gasteiger partial charge in [-0.25, -0.2) is 5.84 Å². The number of aromatic nitrogens is 1. The van der Waals surface area contributed by atoms with Gasteiger partial charge in [0, 0.05) is 6.07 Å². The molecule has 18 heavy (non-hydrogen) atoms. The summed E-state index contributed by atoms with van der Waals surface area (Å²) in [5, 5.41) is 3.65. The second-order valence-electron chi connectivity index (χ2n) is 3.73. The predicted molar refractivity (Wildman–Crippen MR) is 64.5 cm³/mol. The zero-order chi connectivity index (χ0) is 13.0. The minimum absolute atomic E-state index is 0.152. The first kappa shape index (κ1) is 12.1. The van der Waals surface area contributed by atoms with Crippen molar-refractivity contribution in [3.63, 3.8) is 0 Å². The molecule has 1 aromatic heterocycles. The third-order valence-electron chi connectivity index (χ3n) is 2.36. The summed E-state index contributed by atoms with van der Waals surface area (Å²) in [5.74, 6) is 5.71. The van der Waals surface area contributed by atoms with Crippen molar-refractivity contribution in [3.05, 3.63) is 36.0 Å². The van der Waals surface area contributed by atoms with Crippen LogP contribution in [0.3, 0.4) is 0 Å². The van der Waals surface area contributed by atoms with Crippen LogP contribution in [-0.4, -0.2) is 17.7 Å². The molecule has 0 aliphatic heterocycles. The molecule has 1 aromatic carbocycles. The highest BCUT2D eigenvalue weighted by atomic mass is 16.5. The van der Waals surface area contributed by atoms with E-state index in [9.17, 15) is 4.79 Å². The smallest absolute Gasteiger partial charge is 0.271 e. The van der Waals surface area contributed by atoms with Crippen LogP contribution in [0, 0.1) is 6.92 Å². The lowest BCUT2D eigenvalue weighted by atomic mass is 10.1. The SMILES string of the molecule is Cc1ccc(OCC(=O)NN)c(-c2ccno2)c1. The van der Waals surface area contributed by atoms with E-state index in [0.29, 0.717) is 11.5 Å². The highest BCUT2D eigenvalue weighted by molar-refractivity contribution is 5.77. The monoisotopic (exact) mass is 247 g/mol. The molecule has 0 aliphatic carbocycles. The molecule has 2 rings (SSSR count). The highest BCUT2D eigenvalue weighted by Crippen LogP contribution is 2.30. The molecule has 0 aliphatic rings. The van der Waals surface area contributed by atoms with Crippen molar-refractivity contribution in [2.45, 2.75) is 6.92 Å². The van der Waals surface area contributed by atoms with E-state index in [1.807, 2.05) is 24.5 Å². The zero-order valence-corrected chi connectivity index (χ0v) is 9.84. The molecule has 1 heterocycles. The largest absolute Gasteiger partial charge is 0.483 e. The van der Waals surface area contributed by atoms with Crippen molar-refractivity contribution in [2.75, 3.05) is 6.61 Å². The second kappa shape index (κ2) is 5.33. The van der Waals surface area contributed by atoms with Gasteiger partial charge in [-0.05, 0) is 19.1 Å². The standard InChI is InChI=1S/C12H13N3O3/c1-8-2-3-10(17-7-12(16)15-13)9(6-8)11-4-5-14-18-11/h2-6H,7,13H2,1H3,(H,15,16). The van der Waals surface area contributed by atoms with Crippen molar-refractivity contribution in [1.82, 2.24) is 10.6 Å². The van der Waals surface area contributed by atoms with E-state index in [1.54, 1.807) is 18.3 Å². The van der Waals surface area contributed by atoms with Gasteiger partial charge in [-0.3, -0.25) is 10.2 Å². The summed E-state index contributed by atoms with van der Waals surface area (Å²) in [4.78, 5) is 11.1. The fraction of sp³-hybridized carbons (Fsp3) is 0.167. The summed E-state index contributed by atoms with van der Waals surface area (Å²) < 4.78 is 10.5. The maximum Gasteiger partial charge on any atom is 0.271 e.